The molecule has 0 fully saturated rings. The number of hydrogen-bond acceptors (Lipinski definition) is 5. The Labute approximate surface area is 185 Å². The smallest absolute Gasteiger partial charge is 0.404 e. The van der Waals surface area contributed by atoms with E-state index in [1.807, 2.05) is 69.6 Å². The van der Waals surface area contributed by atoms with Crippen LogP contribution in [-0.4, -0.2) is 44.0 Å². The second-order valence-electron chi connectivity index (χ2n) is 8.44. The molecule has 2 heterocycles. The number of rotatable bonds is 7. The number of nitrogens with one attached hydrogen (secondary N) is 2. The van der Waals surface area contributed by atoms with Crippen molar-refractivity contribution in [2.24, 2.45) is 12.5 Å². The van der Waals surface area contributed by atoms with Crippen molar-refractivity contribution in [2.45, 2.75) is 39.3 Å². The number of nitrogens with zero attached hydrogens (tertiary/aromatic N) is 3. The van der Waals surface area contributed by atoms with Gasteiger partial charge in [-0.2, -0.15) is 5.10 Å². The van der Waals surface area contributed by atoms with Crippen molar-refractivity contribution in [3.8, 4) is 11.4 Å². The molecule has 0 radical (unpaired) electrons. The summed E-state index contributed by atoms with van der Waals surface area (Å²) in [6.45, 7) is 5.84. The Morgan fingerprint density at radius 1 is 1.16 bits per heavy atom. The van der Waals surface area contributed by atoms with Crippen molar-refractivity contribution < 1.29 is 14.7 Å². The standard InChI is InChI=1S/C22H27N5O3S/c1-22(2,3)18(26-21(29)30)15(12-14-8-6-5-7-9-14)24-19(28)20-25-16(13-31-20)17-10-11-23-27(17)4/h5-11,13,15,18,26H,12H2,1-4H3,(H,24,28)(H,29,30). The van der Waals surface area contributed by atoms with Gasteiger partial charge in [0.2, 0.25) is 0 Å². The van der Waals surface area contributed by atoms with Crippen LogP contribution in [0.1, 0.15) is 36.1 Å². The summed E-state index contributed by atoms with van der Waals surface area (Å²) in [6.07, 6.45) is 1.03. The topological polar surface area (TPSA) is 109 Å². The Morgan fingerprint density at radius 3 is 2.45 bits per heavy atom. The number of aromatic nitrogens is 3. The maximum absolute atomic E-state index is 13.1. The van der Waals surface area contributed by atoms with Crippen molar-refractivity contribution in [2.75, 3.05) is 0 Å². The molecule has 0 saturated heterocycles. The predicted octanol–water partition coefficient (Wildman–Crippen LogP) is 3.57. The third-order valence-electron chi connectivity index (χ3n) is 5.01. The van der Waals surface area contributed by atoms with Gasteiger partial charge < -0.3 is 15.7 Å². The Bertz CT molecular complexity index is 1040. The molecule has 0 aliphatic heterocycles. The number of carbonyl (C=O) groups excluding carboxylic acids is 1. The van der Waals surface area contributed by atoms with Crippen LogP contribution < -0.4 is 10.6 Å². The highest BCUT2D eigenvalue weighted by Crippen LogP contribution is 2.25. The first-order valence-electron chi connectivity index (χ1n) is 9.93. The van der Waals surface area contributed by atoms with E-state index < -0.39 is 23.6 Å². The van der Waals surface area contributed by atoms with Crippen molar-refractivity contribution in [1.29, 1.82) is 0 Å². The van der Waals surface area contributed by atoms with Crippen molar-refractivity contribution in [1.82, 2.24) is 25.4 Å². The monoisotopic (exact) mass is 441 g/mol. The van der Waals surface area contributed by atoms with E-state index in [0.717, 1.165) is 11.3 Å². The summed E-state index contributed by atoms with van der Waals surface area (Å²) in [5.41, 5.74) is 2.07. The van der Waals surface area contributed by atoms with E-state index in [-0.39, 0.29) is 5.91 Å². The fraction of sp³-hybridized carbons (Fsp3) is 0.364. The summed E-state index contributed by atoms with van der Waals surface area (Å²) in [5, 5.41) is 21.3. The van der Waals surface area contributed by atoms with Gasteiger partial charge in [0.05, 0.1) is 17.8 Å². The zero-order chi connectivity index (χ0) is 22.6. The van der Waals surface area contributed by atoms with Crippen LogP contribution in [0.4, 0.5) is 4.79 Å². The van der Waals surface area contributed by atoms with Gasteiger partial charge in [-0.15, -0.1) is 11.3 Å². The van der Waals surface area contributed by atoms with Gasteiger partial charge in [-0.1, -0.05) is 51.1 Å². The zero-order valence-electron chi connectivity index (χ0n) is 18.0. The van der Waals surface area contributed by atoms with Gasteiger partial charge in [-0.05, 0) is 23.5 Å². The van der Waals surface area contributed by atoms with Crippen LogP contribution in [0, 0.1) is 5.41 Å². The zero-order valence-corrected chi connectivity index (χ0v) is 18.8. The minimum atomic E-state index is -1.13. The molecule has 1 aromatic carbocycles. The lowest BCUT2D eigenvalue weighted by molar-refractivity contribution is 0.0900. The summed E-state index contributed by atoms with van der Waals surface area (Å²) in [5.74, 6) is -0.333. The normalized spacial score (nSPS) is 13.4. The number of aryl methyl sites for hydroxylation is 1. The molecule has 3 rings (SSSR count). The molecule has 3 aromatic rings. The van der Waals surface area contributed by atoms with E-state index in [2.05, 4.69) is 20.7 Å². The Morgan fingerprint density at radius 2 is 1.87 bits per heavy atom. The quantitative estimate of drug-likeness (QED) is 0.519. The molecule has 2 atom stereocenters. The molecule has 0 spiro atoms. The highest BCUT2D eigenvalue weighted by Gasteiger charge is 2.35. The molecule has 0 saturated carbocycles. The van der Waals surface area contributed by atoms with Crippen LogP contribution in [0.5, 0.6) is 0 Å². The third kappa shape index (κ3) is 5.69. The van der Waals surface area contributed by atoms with Crippen LogP contribution in [0.25, 0.3) is 11.4 Å². The highest BCUT2D eigenvalue weighted by molar-refractivity contribution is 7.12. The molecule has 2 aromatic heterocycles. The molecule has 2 unspecified atom stereocenters. The van der Waals surface area contributed by atoms with Crippen LogP contribution >= 0.6 is 11.3 Å². The second-order valence-corrected chi connectivity index (χ2v) is 9.30. The first-order chi connectivity index (χ1) is 14.6. The summed E-state index contributed by atoms with van der Waals surface area (Å²) in [6, 6.07) is 10.6. The van der Waals surface area contributed by atoms with Crippen LogP contribution in [-0.2, 0) is 13.5 Å². The van der Waals surface area contributed by atoms with E-state index in [1.54, 1.807) is 10.9 Å². The predicted molar refractivity (Wildman–Crippen MR) is 120 cm³/mol. The maximum Gasteiger partial charge on any atom is 0.404 e. The van der Waals surface area contributed by atoms with Gasteiger partial charge in [0.25, 0.3) is 5.91 Å². The molecular formula is C22H27N5O3S. The van der Waals surface area contributed by atoms with Crippen LogP contribution in [0.3, 0.4) is 0 Å². The van der Waals surface area contributed by atoms with Gasteiger partial charge in [0, 0.05) is 18.6 Å². The molecule has 0 aliphatic carbocycles. The van der Waals surface area contributed by atoms with Crippen molar-refractivity contribution in [3.05, 3.63) is 58.5 Å². The Hall–Kier alpha value is -3.20. The summed E-state index contributed by atoms with van der Waals surface area (Å²) in [7, 11) is 1.82. The largest absolute Gasteiger partial charge is 0.465 e. The lowest BCUT2D eigenvalue weighted by Crippen LogP contribution is -2.58. The molecule has 164 valence electrons. The highest BCUT2D eigenvalue weighted by atomic mass is 32.1. The summed E-state index contributed by atoms with van der Waals surface area (Å²) >= 11 is 1.24. The van der Waals surface area contributed by atoms with Gasteiger partial charge in [-0.25, -0.2) is 9.78 Å². The van der Waals surface area contributed by atoms with E-state index in [9.17, 15) is 14.7 Å². The van der Waals surface area contributed by atoms with E-state index >= 15 is 0 Å². The molecule has 31 heavy (non-hydrogen) atoms. The molecule has 2 amide bonds. The number of benzene rings is 1. The number of carbonyl (C=O) groups is 2. The van der Waals surface area contributed by atoms with E-state index in [4.69, 9.17) is 0 Å². The molecule has 3 N–H and O–H groups in total. The molecule has 9 heteroatoms. The Balaban J connectivity index is 1.86. The first-order valence-corrected chi connectivity index (χ1v) is 10.8. The van der Waals surface area contributed by atoms with Gasteiger partial charge in [-0.3, -0.25) is 9.48 Å². The average Bonchev–Trinajstić information content (AvgIpc) is 3.34. The summed E-state index contributed by atoms with van der Waals surface area (Å²) < 4.78 is 1.70. The van der Waals surface area contributed by atoms with Crippen LogP contribution in [0.2, 0.25) is 0 Å². The Kier molecular flexibility index (Phi) is 6.74. The minimum Gasteiger partial charge on any atom is -0.465 e. The number of carboxylic acid groups (broad SMARTS) is 1. The van der Waals surface area contributed by atoms with Crippen LogP contribution in [0.15, 0.2) is 48.0 Å². The minimum absolute atomic E-state index is 0.317. The van der Waals surface area contributed by atoms with Gasteiger partial charge in [0.1, 0.15) is 5.69 Å². The van der Waals surface area contributed by atoms with Crippen molar-refractivity contribution >= 4 is 23.3 Å². The third-order valence-corrected chi connectivity index (χ3v) is 5.85. The molecule has 0 bridgehead atoms. The first kappa shape index (κ1) is 22.5. The second kappa shape index (κ2) is 9.30. The van der Waals surface area contributed by atoms with Crippen molar-refractivity contribution in [3.63, 3.8) is 0 Å². The molecule has 0 aliphatic rings. The molecular weight excluding hydrogens is 414 g/mol. The summed E-state index contributed by atoms with van der Waals surface area (Å²) in [4.78, 5) is 29.0. The van der Waals surface area contributed by atoms with Gasteiger partial charge in [0.15, 0.2) is 5.01 Å². The lowest BCUT2D eigenvalue weighted by Gasteiger charge is -2.37. The fourth-order valence-corrected chi connectivity index (χ4v) is 4.24. The fourth-order valence-electron chi connectivity index (χ4n) is 3.52. The molecule has 8 nitrogen and oxygen atoms in total. The average molecular weight is 442 g/mol. The van der Waals surface area contributed by atoms with E-state index in [0.29, 0.717) is 17.1 Å². The van der Waals surface area contributed by atoms with E-state index in [1.165, 1.54) is 11.3 Å². The lowest BCUT2D eigenvalue weighted by atomic mass is 9.80. The number of thiazole rings is 1. The number of amides is 2. The number of hydrogen-bond donors (Lipinski definition) is 3. The van der Waals surface area contributed by atoms with Gasteiger partial charge >= 0.3 is 6.09 Å². The SMILES string of the molecule is Cn1nccc1-c1csc(C(=O)NC(Cc2ccccc2)C(NC(=O)O)C(C)(C)C)n1. The maximum atomic E-state index is 13.1.